The van der Waals surface area contributed by atoms with Crippen molar-refractivity contribution in [3.8, 4) is 0 Å². The molecular formula is C9H9BrO2S. The number of hydrogen-bond acceptors (Lipinski definition) is 2. The molecule has 0 aliphatic heterocycles. The molecule has 4 heteroatoms. The van der Waals surface area contributed by atoms with Gasteiger partial charge in [-0.15, -0.1) is 11.3 Å². The van der Waals surface area contributed by atoms with Crippen LogP contribution in [0.15, 0.2) is 15.9 Å². The lowest BCUT2D eigenvalue weighted by molar-refractivity contribution is -0.138. The standard InChI is InChI=1S/C9H9BrO2S/c1-9(4-5(9)8(11)12)6-2-3-7(10)13-6/h2-3,5H,4H2,1H3,(H,11,12). The molecule has 2 rings (SSSR count). The molecule has 0 amide bonds. The first kappa shape index (κ1) is 9.21. The minimum atomic E-state index is -0.674. The zero-order chi connectivity index (χ0) is 9.64. The predicted octanol–water partition coefficient (Wildman–Crippen LogP) is 2.87. The molecule has 2 unspecified atom stereocenters. The molecule has 0 aromatic carbocycles. The largest absolute Gasteiger partial charge is 0.481 e. The molecule has 1 aliphatic rings. The van der Waals surface area contributed by atoms with E-state index in [0.717, 1.165) is 10.2 Å². The van der Waals surface area contributed by atoms with Crippen molar-refractivity contribution in [1.29, 1.82) is 0 Å². The number of aliphatic carboxylic acids is 1. The highest BCUT2D eigenvalue weighted by Crippen LogP contribution is 2.56. The average Bonchev–Trinajstić information content (AvgIpc) is 2.54. The average molecular weight is 261 g/mol. The van der Waals surface area contributed by atoms with Crippen LogP contribution in [0.5, 0.6) is 0 Å². The SMILES string of the molecule is CC1(c2ccc(Br)s2)CC1C(=O)O. The summed E-state index contributed by atoms with van der Waals surface area (Å²) >= 11 is 5.01. The van der Waals surface area contributed by atoms with E-state index >= 15 is 0 Å². The highest BCUT2D eigenvalue weighted by atomic mass is 79.9. The Morgan fingerprint density at radius 3 is 2.85 bits per heavy atom. The van der Waals surface area contributed by atoms with Gasteiger partial charge in [-0.3, -0.25) is 4.79 Å². The number of rotatable bonds is 2. The van der Waals surface area contributed by atoms with Gasteiger partial charge in [0.15, 0.2) is 0 Å². The van der Waals surface area contributed by atoms with Crippen LogP contribution in [0.4, 0.5) is 0 Å². The normalized spacial score (nSPS) is 31.7. The number of carboxylic acid groups (broad SMARTS) is 1. The summed E-state index contributed by atoms with van der Waals surface area (Å²) in [5.41, 5.74) is -0.109. The van der Waals surface area contributed by atoms with Crippen LogP contribution in [0.25, 0.3) is 0 Å². The first-order chi connectivity index (χ1) is 6.04. The van der Waals surface area contributed by atoms with Gasteiger partial charge in [0.25, 0.3) is 0 Å². The summed E-state index contributed by atoms with van der Waals surface area (Å²) in [5, 5.41) is 8.85. The molecule has 1 aromatic rings. The first-order valence-corrected chi connectivity index (χ1v) is 5.63. The van der Waals surface area contributed by atoms with E-state index in [-0.39, 0.29) is 11.3 Å². The molecule has 0 spiro atoms. The lowest BCUT2D eigenvalue weighted by atomic mass is 10.1. The van der Waals surface area contributed by atoms with Gasteiger partial charge in [-0.05, 0) is 34.5 Å². The van der Waals surface area contributed by atoms with Gasteiger partial charge in [-0.1, -0.05) is 6.92 Å². The summed E-state index contributed by atoms with van der Waals surface area (Å²) in [6.07, 6.45) is 0.773. The number of halogens is 1. The molecule has 1 saturated carbocycles. The van der Waals surface area contributed by atoms with Crippen molar-refractivity contribution >= 4 is 33.2 Å². The molecule has 70 valence electrons. The summed E-state index contributed by atoms with van der Waals surface area (Å²) in [4.78, 5) is 11.9. The lowest BCUT2D eigenvalue weighted by Crippen LogP contribution is -2.09. The van der Waals surface area contributed by atoms with E-state index in [1.54, 1.807) is 11.3 Å². The van der Waals surface area contributed by atoms with Gasteiger partial charge in [0, 0.05) is 10.3 Å². The fourth-order valence-corrected chi connectivity index (χ4v) is 3.21. The van der Waals surface area contributed by atoms with E-state index in [1.165, 1.54) is 4.88 Å². The quantitative estimate of drug-likeness (QED) is 0.888. The Bertz CT molecular complexity index is 360. The number of carbonyl (C=O) groups is 1. The van der Waals surface area contributed by atoms with Gasteiger partial charge in [-0.25, -0.2) is 0 Å². The Kier molecular flexibility index (Phi) is 2.00. The van der Waals surface area contributed by atoms with E-state index in [0.29, 0.717) is 0 Å². The summed E-state index contributed by atoms with van der Waals surface area (Å²) in [5.74, 6) is -0.856. The number of carboxylic acids is 1. The highest BCUT2D eigenvalue weighted by Gasteiger charge is 2.56. The van der Waals surface area contributed by atoms with Crippen LogP contribution in [0, 0.1) is 5.92 Å². The molecule has 1 aromatic heterocycles. The molecule has 1 heterocycles. The van der Waals surface area contributed by atoms with Crippen molar-refractivity contribution in [2.24, 2.45) is 5.92 Å². The van der Waals surface area contributed by atoms with E-state index in [1.807, 2.05) is 19.1 Å². The van der Waals surface area contributed by atoms with Gasteiger partial charge >= 0.3 is 5.97 Å². The molecular weight excluding hydrogens is 252 g/mol. The smallest absolute Gasteiger partial charge is 0.307 e. The number of hydrogen-bond donors (Lipinski definition) is 1. The van der Waals surface area contributed by atoms with Crippen LogP contribution in [0.3, 0.4) is 0 Å². The fraction of sp³-hybridized carbons (Fsp3) is 0.444. The van der Waals surface area contributed by atoms with Crippen LogP contribution in [0.1, 0.15) is 18.2 Å². The molecule has 1 fully saturated rings. The highest BCUT2D eigenvalue weighted by molar-refractivity contribution is 9.11. The minimum absolute atomic E-state index is 0.109. The van der Waals surface area contributed by atoms with Crippen molar-refractivity contribution in [3.05, 3.63) is 20.8 Å². The monoisotopic (exact) mass is 260 g/mol. The molecule has 1 aliphatic carbocycles. The van der Waals surface area contributed by atoms with E-state index < -0.39 is 5.97 Å². The summed E-state index contributed by atoms with van der Waals surface area (Å²) < 4.78 is 1.07. The molecule has 0 bridgehead atoms. The van der Waals surface area contributed by atoms with Crippen LogP contribution >= 0.6 is 27.3 Å². The summed E-state index contributed by atoms with van der Waals surface area (Å²) in [6.45, 7) is 2.02. The Morgan fingerprint density at radius 1 is 1.77 bits per heavy atom. The lowest BCUT2D eigenvalue weighted by Gasteiger charge is -2.04. The maximum Gasteiger partial charge on any atom is 0.307 e. The van der Waals surface area contributed by atoms with Gasteiger partial charge in [0.05, 0.1) is 9.70 Å². The van der Waals surface area contributed by atoms with Gasteiger partial charge in [0.2, 0.25) is 0 Å². The third-order valence-electron chi connectivity index (χ3n) is 2.67. The Balaban J connectivity index is 2.24. The van der Waals surface area contributed by atoms with Crippen molar-refractivity contribution in [2.45, 2.75) is 18.8 Å². The molecule has 13 heavy (non-hydrogen) atoms. The minimum Gasteiger partial charge on any atom is -0.481 e. The second-order valence-electron chi connectivity index (χ2n) is 3.62. The molecule has 1 N–H and O–H groups in total. The van der Waals surface area contributed by atoms with Gasteiger partial charge < -0.3 is 5.11 Å². The van der Waals surface area contributed by atoms with Gasteiger partial charge in [0.1, 0.15) is 0 Å². The Hall–Kier alpha value is -0.350. The third kappa shape index (κ3) is 1.42. The van der Waals surface area contributed by atoms with E-state index in [4.69, 9.17) is 5.11 Å². The van der Waals surface area contributed by atoms with E-state index in [9.17, 15) is 4.79 Å². The van der Waals surface area contributed by atoms with Gasteiger partial charge in [-0.2, -0.15) is 0 Å². The maximum absolute atomic E-state index is 10.8. The van der Waals surface area contributed by atoms with Crippen molar-refractivity contribution in [2.75, 3.05) is 0 Å². The van der Waals surface area contributed by atoms with Crippen molar-refractivity contribution in [3.63, 3.8) is 0 Å². The maximum atomic E-state index is 10.8. The second kappa shape index (κ2) is 2.82. The summed E-state index contributed by atoms with van der Waals surface area (Å²) in [6, 6.07) is 3.99. The zero-order valence-electron chi connectivity index (χ0n) is 7.08. The van der Waals surface area contributed by atoms with Crippen LogP contribution in [0.2, 0.25) is 0 Å². The molecule has 0 saturated heterocycles. The third-order valence-corrected chi connectivity index (χ3v) is 4.57. The molecule has 0 radical (unpaired) electrons. The summed E-state index contributed by atoms with van der Waals surface area (Å²) in [7, 11) is 0. The number of thiophene rings is 1. The molecule has 2 nitrogen and oxygen atoms in total. The van der Waals surface area contributed by atoms with Crippen molar-refractivity contribution in [1.82, 2.24) is 0 Å². The van der Waals surface area contributed by atoms with E-state index in [2.05, 4.69) is 15.9 Å². The second-order valence-corrected chi connectivity index (χ2v) is 6.08. The van der Waals surface area contributed by atoms with Crippen LogP contribution in [-0.2, 0) is 10.2 Å². The Morgan fingerprint density at radius 2 is 2.46 bits per heavy atom. The van der Waals surface area contributed by atoms with Crippen LogP contribution in [-0.4, -0.2) is 11.1 Å². The Labute approximate surface area is 88.7 Å². The zero-order valence-corrected chi connectivity index (χ0v) is 9.48. The fourth-order valence-electron chi connectivity index (χ4n) is 1.62. The first-order valence-electron chi connectivity index (χ1n) is 4.02. The predicted molar refractivity (Wildman–Crippen MR) is 55.1 cm³/mol. The van der Waals surface area contributed by atoms with Crippen molar-refractivity contribution < 1.29 is 9.90 Å². The molecule has 2 atom stereocenters. The van der Waals surface area contributed by atoms with Crippen LogP contribution < -0.4 is 0 Å². The topological polar surface area (TPSA) is 37.3 Å².